The fourth-order valence-corrected chi connectivity index (χ4v) is 3.03. The highest BCUT2D eigenvalue weighted by Gasteiger charge is 2.17. The summed E-state index contributed by atoms with van der Waals surface area (Å²) in [6, 6.07) is 12.3. The molecular weight excluding hydrogens is 302 g/mol. The molecule has 0 spiro atoms. The maximum atomic E-state index is 13.2. The van der Waals surface area contributed by atoms with Gasteiger partial charge in [-0.15, -0.1) is 11.3 Å². The molecular formula is C17H14F2N2S. The largest absolute Gasteiger partial charge is 0.372 e. The lowest BCUT2D eigenvalue weighted by molar-refractivity contribution is 0.626. The van der Waals surface area contributed by atoms with E-state index in [2.05, 4.69) is 10.3 Å². The number of aromatic nitrogens is 1. The smallest absolute Gasteiger partial charge is 0.123 e. The predicted octanol–water partition coefficient (Wildman–Crippen LogP) is 4.93. The summed E-state index contributed by atoms with van der Waals surface area (Å²) in [4.78, 5) is 4.51. The fourth-order valence-electron chi connectivity index (χ4n) is 2.16. The molecule has 0 saturated heterocycles. The van der Waals surface area contributed by atoms with E-state index < -0.39 is 0 Å². The van der Waals surface area contributed by atoms with E-state index in [0.29, 0.717) is 0 Å². The molecule has 2 nitrogen and oxygen atoms in total. The summed E-state index contributed by atoms with van der Waals surface area (Å²) in [7, 11) is 0. The Labute approximate surface area is 131 Å². The second-order valence-electron chi connectivity index (χ2n) is 4.96. The molecule has 0 amide bonds. The molecule has 112 valence electrons. The Morgan fingerprint density at radius 1 is 0.955 bits per heavy atom. The average Bonchev–Trinajstić information content (AvgIpc) is 2.94. The topological polar surface area (TPSA) is 24.9 Å². The van der Waals surface area contributed by atoms with Crippen molar-refractivity contribution in [2.75, 3.05) is 5.32 Å². The van der Waals surface area contributed by atoms with Gasteiger partial charge in [-0.3, -0.25) is 0 Å². The molecule has 1 aromatic heterocycles. The Hall–Kier alpha value is -2.27. The number of hydrogen-bond donors (Lipinski definition) is 1. The van der Waals surface area contributed by atoms with Gasteiger partial charge in [-0.2, -0.15) is 0 Å². The Balaban J connectivity index is 1.95. The standard InChI is InChI=1S/C17H14F2N2S/c1-11-10-22-17(20-11)16(12-2-4-13(18)5-3-12)21-15-8-6-14(19)7-9-15/h2-10,16,21H,1H3. The van der Waals surface area contributed by atoms with Gasteiger partial charge in [0.05, 0.1) is 0 Å². The maximum Gasteiger partial charge on any atom is 0.123 e. The molecule has 0 aliphatic heterocycles. The Morgan fingerprint density at radius 2 is 1.55 bits per heavy atom. The molecule has 2 aromatic carbocycles. The van der Waals surface area contributed by atoms with Gasteiger partial charge in [0, 0.05) is 16.8 Å². The maximum absolute atomic E-state index is 13.2. The molecule has 0 radical (unpaired) electrons. The van der Waals surface area contributed by atoms with Gasteiger partial charge >= 0.3 is 0 Å². The van der Waals surface area contributed by atoms with Crippen LogP contribution in [0.5, 0.6) is 0 Å². The van der Waals surface area contributed by atoms with Crippen molar-refractivity contribution in [2.24, 2.45) is 0 Å². The number of anilines is 1. The Kier molecular flexibility index (Phi) is 4.15. The van der Waals surface area contributed by atoms with Crippen molar-refractivity contribution in [2.45, 2.75) is 13.0 Å². The first kappa shape index (κ1) is 14.7. The third-order valence-electron chi connectivity index (χ3n) is 3.24. The van der Waals surface area contributed by atoms with Crippen LogP contribution in [0.2, 0.25) is 0 Å². The third-order valence-corrected chi connectivity index (χ3v) is 4.27. The third kappa shape index (κ3) is 3.31. The van der Waals surface area contributed by atoms with Crippen LogP contribution < -0.4 is 5.32 Å². The molecule has 22 heavy (non-hydrogen) atoms. The summed E-state index contributed by atoms with van der Waals surface area (Å²) < 4.78 is 26.2. The quantitative estimate of drug-likeness (QED) is 0.738. The predicted molar refractivity (Wildman–Crippen MR) is 85.1 cm³/mol. The summed E-state index contributed by atoms with van der Waals surface area (Å²) in [6.07, 6.45) is 0. The summed E-state index contributed by atoms with van der Waals surface area (Å²) >= 11 is 1.54. The minimum absolute atomic E-state index is 0.204. The van der Waals surface area contributed by atoms with E-state index in [1.165, 1.54) is 35.6 Å². The first-order chi connectivity index (χ1) is 10.6. The van der Waals surface area contributed by atoms with Crippen molar-refractivity contribution in [1.29, 1.82) is 0 Å². The number of nitrogens with zero attached hydrogens (tertiary/aromatic N) is 1. The van der Waals surface area contributed by atoms with Crippen LogP contribution in [0.15, 0.2) is 53.9 Å². The summed E-state index contributed by atoms with van der Waals surface area (Å²) in [6.45, 7) is 1.93. The van der Waals surface area contributed by atoms with Crippen molar-refractivity contribution in [3.8, 4) is 0 Å². The second kappa shape index (κ2) is 6.23. The van der Waals surface area contributed by atoms with E-state index in [9.17, 15) is 8.78 Å². The molecule has 0 aliphatic carbocycles. The lowest BCUT2D eigenvalue weighted by Gasteiger charge is -2.18. The zero-order valence-corrected chi connectivity index (χ0v) is 12.7. The van der Waals surface area contributed by atoms with Gasteiger partial charge in [0.25, 0.3) is 0 Å². The number of aryl methyl sites for hydroxylation is 1. The van der Waals surface area contributed by atoms with Crippen molar-refractivity contribution >= 4 is 17.0 Å². The summed E-state index contributed by atoms with van der Waals surface area (Å²) in [5.74, 6) is -0.562. The monoisotopic (exact) mass is 316 g/mol. The minimum Gasteiger partial charge on any atom is -0.372 e. The molecule has 1 unspecified atom stereocenters. The highest BCUT2D eigenvalue weighted by molar-refractivity contribution is 7.09. The number of hydrogen-bond acceptors (Lipinski definition) is 3. The first-order valence-electron chi connectivity index (χ1n) is 6.81. The lowest BCUT2D eigenvalue weighted by atomic mass is 10.1. The molecule has 3 rings (SSSR count). The highest BCUT2D eigenvalue weighted by Crippen LogP contribution is 2.29. The Bertz CT molecular complexity index is 751. The summed E-state index contributed by atoms with van der Waals surface area (Å²) in [5.41, 5.74) is 2.62. The second-order valence-corrected chi connectivity index (χ2v) is 5.85. The normalized spacial score (nSPS) is 12.1. The van der Waals surface area contributed by atoms with Gasteiger partial charge < -0.3 is 5.32 Å². The van der Waals surface area contributed by atoms with Crippen LogP contribution >= 0.6 is 11.3 Å². The molecule has 3 aromatic rings. The SMILES string of the molecule is Cc1csc(C(Nc2ccc(F)cc2)c2ccc(F)cc2)n1. The number of halogens is 2. The number of thiazole rings is 1. The average molecular weight is 316 g/mol. The Morgan fingerprint density at radius 3 is 2.09 bits per heavy atom. The van der Waals surface area contributed by atoms with Crippen LogP contribution in [0.3, 0.4) is 0 Å². The van der Waals surface area contributed by atoms with Crippen LogP contribution in [0.4, 0.5) is 14.5 Å². The van der Waals surface area contributed by atoms with Gasteiger partial charge in [-0.25, -0.2) is 13.8 Å². The van der Waals surface area contributed by atoms with E-state index >= 15 is 0 Å². The van der Waals surface area contributed by atoms with Crippen LogP contribution in [0.25, 0.3) is 0 Å². The van der Waals surface area contributed by atoms with Crippen LogP contribution in [0, 0.1) is 18.6 Å². The van der Waals surface area contributed by atoms with Crippen molar-refractivity contribution in [1.82, 2.24) is 4.98 Å². The van der Waals surface area contributed by atoms with Gasteiger partial charge in [-0.1, -0.05) is 12.1 Å². The highest BCUT2D eigenvalue weighted by atomic mass is 32.1. The van der Waals surface area contributed by atoms with Crippen molar-refractivity contribution in [3.05, 3.63) is 81.8 Å². The van der Waals surface area contributed by atoms with Gasteiger partial charge in [0.2, 0.25) is 0 Å². The minimum atomic E-state index is -0.283. The van der Waals surface area contributed by atoms with E-state index in [0.717, 1.165) is 22.0 Å². The molecule has 1 atom stereocenters. The molecule has 1 N–H and O–H groups in total. The fraction of sp³-hybridized carbons (Fsp3) is 0.118. The van der Waals surface area contributed by atoms with Crippen LogP contribution in [-0.2, 0) is 0 Å². The molecule has 5 heteroatoms. The zero-order valence-electron chi connectivity index (χ0n) is 11.9. The van der Waals surface area contributed by atoms with Gasteiger partial charge in [-0.05, 0) is 48.9 Å². The molecule has 0 saturated carbocycles. The van der Waals surface area contributed by atoms with Crippen LogP contribution in [0.1, 0.15) is 22.3 Å². The molecule has 0 bridgehead atoms. The van der Waals surface area contributed by atoms with Gasteiger partial charge in [0.1, 0.15) is 22.7 Å². The number of benzene rings is 2. The van der Waals surface area contributed by atoms with E-state index in [4.69, 9.17) is 0 Å². The van der Waals surface area contributed by atoms with Crippen molar-refractivity contribution < 1.29 is 8.78 Å². The van der Waals surface area contributed by atoms with Gasteiger partial charge in [0.15, 0.2) is 0 Å². The van der Waals surface area contributed by atoms with E-state index in [1.54, 1.807) is 24.3 Å². The zero-order chi connectivity index (χ0) is 15.5. The lowest BCUT2D eigenvalue weighted by Crippen LogP contribution is -2.12. The molecule has 1 heterocycles. The number of rotatable bonds is 4. The number of nitrogens with one attached hydrogen (secondary N) is 1. The molecule has 0 aliphatic rings. The van der Waals surface area contributed by atoms with E-state index in [-0.39, 0.29) is 17.7 Å². The van der Waals surface area contributed by atoms with Crippen molar-refractivity contribution in [3.63, 3.8) is 0 Å². The first-order valence-corrected chi connectivity index (χ1v) is 7.69. The molecule has 0 fully saturated rings. The van der Waals surface area contributed by atoms with Crippen LogP contribution in [-0.4, -0.2) is 4.98 Å². The van der Waals surface area contributed by atoms with E-state index in [1.807, 2.05) is 12.3 Å². The summed E-state index contributed by atoms with van der Waals surface area (Å²) in [5, 5.41) is 6.18.